The molecule has 1 aromatic heterocycles. The van der Waals surface area contributed by atoms with Gasteiger partial charge in [0.05, 0.1) is 24.2 Å². The smallest absolute Gasteiger partial charge is 0.235 e. The molecule has 1 aliphatic rings. The van der Waals surface area contributed by atoms with Crippen molar-refractivity contribution in [2.75, 3.05) is 41.1 Å². The van der Waals surface area contributed by atoms with Gasteiger partial charge in [-0.15, -0.1) is 0 Å². The zero-order valence-electron chi connectivity index (χ0n) is 15.4. The lowest BCUT2D eigenvalue weighted by atomic mass is 10.2. The highest BCUT2D eigenvalue weighted by atomic mass is 32.2. The van der Waals surface area contributed by atoms with E-state index >= 15 is 0 Å². The summed E-state index contributed by atoms with van der Waals surface area (Å²) in [6, 6.07) is 9.54. The van der Waals surface area contributed by atoms with E-state index in [1.807, 2.05) is 13.0 Å². The molecule has 8 heteroatoms. The Morgan fingerprint density at radius 2 is 1.85 bits per heavy atom. The van der Waals surface area contributed by atoms with Crippen molar-refractivity contribution in [2.45, 2.75) is 19.9 Å². The van der Waals surface area contributed by atoms with Gasteiger partial charge in [0.25, 0.3) is 0 Å². The van der Waals surface area contributed by atoms with Crippen LogP contribution >= 0.6 is 0 Å². The van der Waals surface area contributed by atoms with Gasteiger partial charge in [-0.1, -0.05) is 19.1 Å². The fourth-order valence-electron chi connectivity index (χ4n) is 3.08. The molecule has 6 nitrogen and oxygen atoms in total. The van der Waals surface area contributed by atoms with Crippen molar-refractivity contribution in [3.05, 3.63) is 54.0 Å². The summed E-state index contributed by atoms with van der Waals surface area (Å²) >= 11 is 0. The number of piperazine rings is 1. The van der Waals surface area contributed by atoms with Crippen LogP contribution in [0.5, 0.6) is 0 Å². The van der Waals surface area contributed by atoms with Crippen LogP contribution in [0.2, 0.25) is 0 Å². The van der Waals surface area contributed by atoms with Gasteiger partial charge in [0.2, 0.25) is 10.0 Å². The first-order valence-corrected chi connectivity index (χ1v) is 10.8. The maximum absolute atomic E-state index is 13.2. The zero-order chi connectivity index (χ0) is 19.3. The van der Waals surface area contributed by atoms with Crippen LogP contribution in [0.4, 0.5) is 15.9 Å². The summed E-state index contributed by atoms with van der Waals surface area (Å²) in [6.45, 7) is 5.55. The number of anilines is 2. The van der Waals surface area contributed by atoms with Crippen LogP contribution in [0.25, 0.3) is 0 Å². The molecule has 3 rings (SSSR count). The quantitative estimate of drug-likeness (QED) is 0.784. The minimum atomic E-state index is -3.50. The molecule has 0 aliphatic carbocycles. The molecule has 146 valence electrons. The van der Waals surface area contributed by atoms with Gasteiger partial charge in [0.1, 0.15) is 11.6 Å². The van der Waals surface area contributed by atoms with Crippen LogP contribution in [0.15, 0.2) is 42.6 Å². The predicted molar refractivity (Wildman–Crippen MR) is 106 cm³/mol. The Labute approximate surface area is 160 Å². The summed E-state index contributed by atoms with van der Waals surface area (Å²) in [4.78, 5) is 6.66. The van der Waals surface area contributed by atoms with E-state index in [9.17, 15) is 12.8 Å². The number of sulfonamides is 1. The van der Waals surface area contributed by atoms with E-state index in [-0.39, 0.29) is 18.1 Å². The van der Waals surface area contributed by atoms with Crippen LogP contribution < -0.4 is 14.5 Å². The van der Waals surface area contributed by atoms with E-state index in [0.717, 1.165) is 37.6 Å². The molecule has 1 fully saturated rings. The predicted octanol–water partition coefficient (Wildman–Crippen LogP) is 2.38. The summed E-state index contributed by atoms with van der Waals surface area (Å²) in [5.74, 6) is 0.548. The molecule has 0 spiro atoms. The van der Waals surface area contributed by atoms with Gasteiger partial charge >= 0.3 is 0 Å². The number of rotatable bonds is 7. The van der Waals surface area contributed by atoms with E-state index in [1.165, 1.54) is 16.4 Å². The number of hydrogen-bond acceptors (Lipinski definition) is 5. The van der Waals surface area contributed by atoms with E-state index in [4.69, 9.17) is 0 Å². The summed E-state index contributed by atoms with van der Waals surface area (Å²) in [5.41, 5.74) is 1.24. The number of nitrogens with one attached hydrogen (secondary N) is 1. The fourth-order valence-corrected chi connectivity index (χ4v) is 4.59. The van der Waals surface area contributed by atoms with E-state index in [1.54, 1.807) is 24.4 Å². The van der Waals surface area contributed by atoms with Gasteiger partial charge in [-0.05, 0) is 36.2 Å². The molecular weight excluding hydrogens is 367 g/mol. The van der Waals surface area contributed by atoms with Crippen molar-refractivity contribution >= 4 is 21.5 Å². The van der Waals surface area contributed by atoms with Crippen LogP contribution in [-0.4, -0.2) is 45.3 Å². The van der Waals surface area contributed by atoms with Gasteiger partial charge in [-0.3, -0.25) is 4.31 Å². The Hall–Kier alpha value is -2.19. The third kappa shape index (κ3) is 4.95. The first-order valence-electron chi connectivity index (χ1n) is 9.16. The van der Waals surface area contributed by atoms with Crippen molar-refractivity contribution in [2.24, 2.45) is 0 Å². The van der Waals surface area contributed by atoms with E-state index in [0.29, 0.717) is 12.1 Å². The number of halogens is 1. The molecule has 0 saturated carbocycles. The molecule has 2 heterocycles. The average Bonchev–Trinajstić information content (AvgIpc) is 2.68. The number of pyridine rings is 1. The largest absolute Gasteiger partial charge is 0.354 e. The van der Waals surface area contributed by atoms with Crippen molar-refractivity contribution in [3.8, 4) is 0 Å². The minimum absolute atomic E-state index is 0.0493. The first kappa shape index (κ1) is 19.6. The molecule has 2 aromatic rings. The Bertz CT molecular complexity index is 835. The Balaban J connectivity index is 1.86. The summed E-state index contributed by atoms with van der Waals surface area (Å²) < 4.78 is 40.1. The molecular formula is C19H25FN4O2S. The highest BCUT2D eigenvalue weighted by molar-refractivity contribution is 7.92. The normalized spacial score (nSPS) is 15.0. The number of nitrogens with zero attached hydrogens (tertiary/aromatic N) is 3. The van der Waals surface area contributed by atoms with Crippen LogP contribution in [-0.2, 0) is 16.6 Å². The lowest BCUT2D eigenvalue weighted by Gasteiger charge is -2.29. The Morgan fingerprint density at radius 1 is 1.15 bits per heavy atom. The second-order valence-corrected chi connectivity index (χ2v) is 8.57. The Morgan fingerprint density at radius 3 is 2.44 bits per heavy atom. The van der Waals surface area contributed by atoms with E-state index in [2.05, 4.69) is 15.2 Å². The van der Waals surface area contributed by atoms with Crippen LogP contribution in [0.1, 0.15) is 18.9 Å². The average molecular weight is 393 g/mol. The molecule has 0 atom stereocenters. The molecule has 0 amide bonds. The third-order valence-electron chi connectivity index (χ3n) is 4.50. The van der Waals surface area contributed by atoms with Crippen molar-refractivity contribution in [3.63, 3.8) is 0 Å². The molecule has 1 saturated heterocycles. The van der Waals surface area contributed by atoms with E-state index < -0.39 is 10.0 Å². The fraction of sp³-hybridized carbons (Fsp3) is 0.421. The molecule has 1 aromatic carbocycles. The SMILES string of the molecule is CCCS(=O)(=O)N(Cc1ccc(F)cc1)c1ccc(N2CCNCC2)nc1. The number of aromatic nitrogens is 1. The van der Waals surface area contributed by atoms with Crippen molar-refractivity contribution in [1.82, 2.24) is 10.3 Å². The molecule has 0 unspecified atom stereocenters. The van der Waals surface area contributed by atoms with Gasteiger partial charge in [0, 0.05) is 26.2 Å². The Kier molecular flexibility index (Phi) is 6.28. The molecule has 1 N–H and O–H groups in total. The number of hydrogen-bond donors (Lipinski definition) is 1. The molecule has 0 radical (unpaired) electrons. The maximum Gasteiger partial charge on any atom is 0.235 e. The van der Waals surface area contributed by atoms with Crippen molar-refractivity contribution < 1.29 is 12.8 Å². The summed E-state index contributed by atoms with van der Waals surface area (Å²) in [5, 5.41) is 3.30. The third-order valence-corrected chi connectivity index (χ3v) is 6.43. The second kappa shape index (κ2) is 8.67. The molecule has 1 aliphatic heterocycles. The highest BCUT2D eigenvalue weighted by Crippen LogP contribution is 2.24. The lowest BCUT2D eigenvalue weighted by Crippen LogP contribution is -2.43. The van der Waals surface area contributed by atoms with Gasteiger partial charge < -0.3 is 10.2 Å². The monoisotopic (exact) mass is 392 g/mol. The summed E-state index contributed by atoms with van der Waals surface area (Å²) in [6.07, 6.45) is 2.13. The van der Waals surface area contributed by atoms with Gasteiger partial charge in [-0.25, -0.2) is 17.8 Å². The first-order chi connectivity index (χ1) is 13.0. The minimum Gasteiger partial charge on any atom is -0.354 e. The lowest BCUT2D eigenvalue weighted by molar-refractivity contribution is 0.584. The number of benzene rings is 1. The topological polar surface area (TPSA) is 65.5 Å². The van der Waals surface area contributed by atoms with Crippen LogP contribution in [0.3, 0.4) is 0 Å². The summed E-state index contributed by atoms with van der Waals surface area (Å²) in [7, 11) is -3.50. The standard InChI is InChI=1S/C19H25FN4O2S/c1-2-13-27(25,26)24(15-16-3-5-17(20)6-4-16)18-7-8-19(22-14-18)23-11-9-21-10-12-23/h3-8,14,21H,2,9-13,15H2,1H3. The van der Waals surface area contributed by atoms with Gasteiger partial charge in [0.15, 0.2) is 0 Å². The highest BCUT2D eigenvalue weighted by Gasteiger charge is 2.23. The van der Waals surface area contributed by atoms with Crippen LogP contribution in [0, 0.1) is 5.82 Å². The second-order valence-electron chi connectivity index (χ2n) is 6.56. The molecule has 0 bridgehead atoms. The zero-order valence-corrected chi connectivity index (χ0v) is 16.3. The molecule has 27 heavy (non-hydrogen) atoms. The van der Waals surface area contributed by atoms with Crippen molar-refractivity contribution in [1.29, 1.82) is 0 Å². The maximum atomic E-state index is 13.2. The van der Waals surface area contributed by atoms with Gasteiger partial charge in [-0.2, -0.15) is 0 Å².